The lowest BCUT2D eigenvalue weighted by atomic mass is 10.00. The van der Waals surface area contributed by atoms with Crippen LogP contribution in [-0.2, 0) is 17.9 Å². The normalized spacial score (nSPS) is 11.3. The first kappa shape index (κ1) is 24.0. The Bertz CT molecular complexity index is 1340. The number of hydrogen-bond donors (Lipinski definition) is 2. The molecule has 0 bridgehead atoms. The van der Waals surface area contributed by atoms with E-state index in [1.165, 1.54) is 5.56 Å². The van der Waals surface area contributed by atoms with Crippen molar-refractivity contribution < 1.29 is 14.3 Å². The first-order chi connectivity index (χ1) is 17.0. The van der Waals surface area contributed by atoms with Crippen molar-refractivity contribution in [2.45, 2.75) is 13.1 Å². The van der Waals surface area contributed by atoms with Crippen LogP contribution in [0, 0.1) is 0 Å². The number of H-pyrrole nitrogens is 1. The molecule has 0 aliphatic carbocycles. The first-order valence-electron chi connectivity index (χ1n) is 11.4. The van der Waals surface area contributed by atoms with E-state index in [9.17, 15) is 4.79 Å². The van der Waals surface area contributed by atoms with Gasteiger partial charge in [-0.05, 0) is 60.6 Å². The summed E-state index contributed by atoms with van der Waals surface area (Å²) in [6.07, 6.45) is 7.03. The fraction of sp³-hybridized carbons (Fsp3) is 0.214. The number of fused-ring (bicyclic) bond motifs is 1. The number of nitrogens with zero attached hydrogens (tertiary/aromatic N) is 2. The molecular formula is C28H30N4O3. The lowest BCUT2D eigenvalue weighted by Gasteiger charge is -2.11. The molecule has 0 aliphatic heterocycles. The summed E-state index contributed by atoms with van der Waals surface area (Å²) in [6, 6.07) is 16.1. The van der Waals surface area contributed by atoms with Crippen LogP contribution in [-0.4, -0.2) is 49.1 Å². The number of carbonyl (C=O) groups is 1. The average molecular weight is 471 g/mol. The number of aromatic amines is 1. The second-order valence-electron chi connectivity index (χ2n) is 8.50. The predicted octanol–water partition coefficient (Wildman–Crippen LogP) is 4.64. The van der Waals surface area contributed by atoms with Crippen LogP contribution < -0.4 is 14.8 Å². The van der Waals surface area contributed by atoms with E-state index < -0.39 is 0 Å². The van der Waals surface area contributed by atoms with Gasteiger partial charge in [0.1, 0.15) is 5.65 Å². The van der Waals surface area contributed by atoms with Gasteiger partial charge in [0.25, 0.3) is 0 Å². The van der Waals surface area contributed by atoms with Crippen molar-refractivity contribution in [2.24, 2.45) is 0 Å². The molecule has 0 saturated heterocycles. The topological polar surface area (TPSA) is 79.5 Å². The molecule has 0 spiro atoms. The van der Waals surface area contributed by atoms with E-state index >= 15 is 0 Å². The number of carbonyl (C=O) groups excluding carboxylic acids is 1. The fourth-order valence-corrected chi connectivity index (χ4v) is 4.01. The standard InChI is InChI=1S/C28H30N4O3/c1-32(2)18-19-5-8-21(9-6-19)23-13-14-29-28-27(23)22(17-31-28)10-12-26(33)30-16-20-7-11-24(34-3)25(15-20)35-4/h5-15,17H,16,18H2,1-4H3,(H,29,31)(H,30,33)/b12-10+. The molecule has 7 nitrogen and oxygen atoms in total. The van der Waals surface area contributed by atoms with Gasteiger partial charge in [-0.2, -0.15) is 0 Å². The molecule has 0 unspecified atom stereocenters. The summed E-state index contributed by atoms with van der Waals surface area (Å²) in [5.41, 5.74) is 6.03. The average Bonchev–Trinajstić information content (AvgIpc) is 3.29. The fourth-order valence-electron chi connectivity index (χ4n) is 4.01. The van der Waals surface area contributed by atoms with Crippen molar-refractivity contribution in [1.82, 2.24) is 20.2 Å². The van der Waals surface area contributed by atoms with Crippen LogP contribution in [0.25, 0.3) is 28.2 Å². The van der Waals surface area contributed by atoms with Crippen LogP contribution >= 0.6 is 0 Å². The minimum absolute atomic E-state index is 0.187. The Hall–Kier alpha value is -4.10. The number of amides is 1. The predicted molar refractivity (Wildman–Crippen MR) is 139 cm³/mol. The van der Waals surface area contributed by atoms with Gasteiger partial charge >= 0.3 is 0 Å². The summed E-state index contributed by atoms with van der Waals surface area (Å²) in [6.45, 7) is 1.27. The second kappa shape index (κ2) is 10.9. The molecule has 4 aromatic rings. The molecule has 2 aromatic carbocycles. The maximum atomic E-state index is 12.5. The molecule has 180 valence electrons. The summed E-state index contributed by atoms with van der Waals surface area (Å²) in [7, 11) is 7.30. The number of nitrogens with one attached hydrogen (secondary N) is 2. The maximum Gasteiger partial charge on any atom is 0.244 e. The number of benzene rings is 2. The van der Waals surface area contributed by atoms with Crippen molar-refractivity contribution in [3.05, 3.63) is 83.7 Å². The second-order valence-corrected chi connectivity index (χ2v) is 8.50. The molecule has 0 fully saturated rings. The number of methoxy groups -OCH3 is 2. The van der Waals surface area contributed by atoms with Gasteiger partial charge in [0.05, 0.1) is 14.2 Å². The Morgan fingerprint density at radius 3 is 2.49 bits per heavy atom. The van der Waals surface area contributed by atoms with Gasteiger partial charge in [-0.15, -0.1) is 0 Å². The number of pyridine rings is 1. The molecule has 35 heavy (non-hydrogen) atoms. The van der Waals surface area contributed by atoms with Crippen LogP contribution in [0.3, 0.4) is 0 Å². The van der Waals surface area contributed by atoms with E-state index in [-0.39, 0.29) is 5.91 Å². The quantitative estimate of drug-likeness (QED) is 0.349. The van der Waals surface area contributed by atoms with Crippen molar-refractivity contribution >= 4 is 23.0 Å². The first-order valence-corrected chi connectivity index (χ1v) is 11.4. The summed E-state index contributed by atoms with van der Waals surface area (Å²) in [5, 5.41) is 3.90. The smallest absolute Gasteiger partial charge is 0.244 e. The van der Waals surface area contributed by atoms with Gasteiger partial charge in [-0.25, -0.2) is 4.98 Å². The van der Waals surface area contributed by atoms with E-state index in [1.54, 1.807) is 26.5 Å². The Morgan fingerprint density at radius 1 is 1.03 bits per heavy atom. The molecule has 1 amide bonds. The summed E-state index contributed by atoms with van der Waals surface area (Å²) in [5.74, 6) is 1.09. The van der Waals surface area contributed by atoms with Gasteiger partial charge in [-0.3, -0.25) is 4.79 Å². The lowest BCUT2D eigenvalue weighted by molar-refractivity contribution is -0.116. The molecule has 2 heterocycles. The number of ether oxygens (including phenoxy) is 2. The summed E-state index contributed by atoms with van der Waals surface area (Å²) in [4.78, 5) is 22.3. The highest BCUT2D eigenvalue weighted by Gasteiger charge is 2.11. The molecule has 0 aliphatic rings. The zero-order chi connectivity index (χ0) is 24.8. The van der Waals surface area contributed by atoms with Crippen molar-refractivity contribution in [1.29, 1.82) is 0 Å². The highest BCUT2D eigenvalue weighted by Crippen LogP contribution is 2.31. The Kier molecular flexibility index (Phi) is 7.48. The number of rotatable bonds is 9. The molecule has 7 heteroatoms. The van der Waals surface area contributed by atoms with Gasteiger partial charge in [0.15, 0.2) is 11.5 Å². The van der Waals surface area contributed by atoms with Crippen LogP contribution in [0.1, 0.15) is 16.7 Å². The van der Waals surface area contributed by atoms with E-state index in [1.807, 2.05) is 36.5 Å². The molecule has 0 saturated carbocycles. The van der Waals surface area contributed by atoms with Crippen molar-refractivity contribution in [3.8, 4) is 22.6 Å². The van der Waals surface area contributed by atoms with Gasteiger partial charge in [-0.1, -0.05) is 30.3 Å². The van der Waals surface area contributed by atoms with Crippen molar-refractivity contribution in [3.63, 3.8) is 0 Å². The molecular weight excluding hydrogens is 440 g/mol. The largest absolute Gasteiger partial charge is 0.493 e. The van der Waals surface area contributed by atoms with E-state index in [2.05, 4.69) is 58.5 Å². The highest BCUT2D eigenvalue weighted by molar-refractivity contribution is 6.01. The van der Waals surface area contributed by atoms with Gasteiger partial charge in [0.2, 0.25) is 5.91 Å². The number of aromatic nitrogens is 2. The molecule has 4 rings (SSSR count). The van der Waals surface area contributed by atoms with Crippen molar-refractivity contribution in [2.75, 3.05) is 28.3 Å². The molecule has 2 aromatic heterocycles. The molecule has 0 atom stereocenters. The summed E-state index contributed by atoms with van der Waals surface area (Å²) >= 11 is 0. The van der Waals surface area contributed by atoms with Crippen LogP contribution in [0.4, 0.5) is 0 Å². The maximum absolute atomic E-state index is 12.5. The van der Waals surface area contributed by atoms with Crippen LogP contribution in [0.5, 0.6) is 11.5 Å². The monoisotopic (exact) mass is 470 g/mol. The van der Waals surface area contributed by atoms with E-state index in [0.29, 0.717) is 18.0 Å². The Morgan fingerprint density at radius 2 is 1.77 bits per heavy atom. The minimum atomic E-state index is -0.187. The van der Waals surface area contributed by atoms with Crippen LogP contribution in [0.15, 0.2) is 67.0 Å². The van der Waals surface area contributed by atoms with Gasteiger partial charge < -0.3 is 24.7 Å². The van der Waals surface area contributed by atoms with Gasteiger partial charge in [0, 0.05) is 42.5 Å². The molecule has 0 radical (unpaired) electrons. The Balaban J connectivity index is 1.50. The zero-order valence-electron chi connectivity index (χ0n) is 20.5. The summed E-state index contributed by atoms with van der Waals surface area (Å²) < 4.78 is 10.6. The van der Waals surface area contributed by atoms with Crippen LogP contribution in [0.2, 0.25) is 0 Å². The SMILES string of the molecule is COc1ccc(CNC(=O)/C=C/c2c[nH]c3nccc(-c4ccc(CN(C)C)cc4)c23)cc1OC. The third-order valence-corrected chi connectivity index (χ3v) is 5.70. The lowest BCUT2D eigenvalue weighted by Crippen LogP contribution is -2.20. The minimum Gasteiger partial charge on any atom is -0.493 e. The van der Waals surface area contributed by atoms with E-state index in [4.69, 9.17) is 9.47 Å². The zero-order valence-corrected chi connectivity index (χ0v) is 20.5. The Labute approximate surface area is 205 Å². The van der Waals surface area contributed by atoms with E-state index in [0.717, 1.165) is 39.8 Å². The third-order valence-electron chi connectivity index (χ3n) is 5.70. The third kappa shape index (κ3) is 5.70. The molecule has 2 N–H and O–H groups in total. The number of hydrogen-bond acceptors (Lipinski definition) is 5. The highest BCUT2D eigenvalue weighted by atomic mass is 16.5.